The third-order valence-electron chi connectivity index (χ3n) is 6.37. The van der Waals surface area contributed by atoms with Crippen molar-refractivity contribution < 1.29 is 27.4 Å². The highest BCUT2D eigenvalue weighted by Crippen LogP contribution is 2.45. The number of allylic oxidation sites excluding steroid dienone is 2. The number of aromatic nitrogens is 3. The molecule has 0 unspecified atom stereocenters. The molecule has 0 amide bonds. The minimum Gasteiger partial charge on any atom is -0.493 e. The van der Waals surface area contributed by atoms with Gasteiger partial charge in [-0.1, -0.05) is 18.2 Å². The Morgan fingerprint density at radius 1 is 1.03 bits per heavy atom. The highest BCUT2D eigenvalue weighted by atomic mass is 19.4. The molecule has 2 heterocycles. The van der Waals surface area contributed by atoms with Gasteiger partial charge in [0, 0.05) is 17.7 Å². The van der Waals surface area contributed by atoms with E-state index in [9.17, 15) is 18.0 Å². The lowest BCUT2D eigenvalue weighted by Crippen LogP contribution is -2.33. The van der Waals surface area contributed by atoms with Gasteiger partial charge in [-0.25, -0.2) is 4.68 Å². The molecule has 0 radical (unpaired) electrons. The number of ketones is 1. The minimum atomic E-state index is -4.47. The summed E-state index contributed by atoms with van der Waals surface area (Å²) in [5, 5.41) is 7.38. The first-order valence-electron chi connectivity index (χ1n) is 10.8. The van der Waals surface area contributed by atoms with E-state index in [1.807, 2.05) is 12.1 Å². The Morgan fingerprint density at radius 3 is 2.37 bits per heavy atom. The van der Waals surface area contributed by atoms with Crippen molar-refractivity contribution in [1.82, 2.24) is 14.8 Å². The van der Waals surface area contributed by atoms with E-state index in [-0.39, 0.29) is 24.1 Å². The van der Waals surface area contributed by atoms with Gasteiger partial charge in [0.15, 0.2) is 17.3 Å². The quantitative estimate of drug-likeness (QED) is 0.567. The maximum Gasteiger partial charge on any atom is 0.416 e. The number of benzene rings is 2. The molecule has 5 rings (SSSR count). The number of rotatable bonds is 4. The summed E-state index contributed by atoms with van der Waals surface area (Å²) in [7, 11) is 3.09. The standard InChI is InChI=1S/C24H22F3N5O3/c1-34-18-8-5-13(11-19(18)35-2)14-9-16-20(17(33)10-14)21(32-23(29-16)30-22(28)31-32)12-3-6-15(7-4-12)24(25,26)27/h3-8,11,14,21H,9-10H2,1-2H3,(H3,28,29,30,31)/t14-,21-/m0/s1. The van der Waals surface area contributed by atoms with Crippen molar-refractivity contribution in [2.24, 2.45) is 0 Å². The van der Waals surface area contributed by atoms with Crippen LogP contribution in [0, 0.1) is 0 Å². The zero-order chi connectivity index (χ0) is 24.9. The molecular weight excluding hydrogens is 463 g/mol. The molecule has 2 aliphatic rings. The largest absolute Gasteiger partial charge is 0.493 e. The van der Waals surface area contributed by atoms with Crippen molar-refractivity contribution in [3.05, 3.63) is 70.4 Å². The predicted molar refractivity (Wildman–Crippen MR) is 121 cm³/mol. The third kappa shape index (κ3) is 3.96. The lowest BCUT2D eigenvalue weighted by Gasteiger charge is -2.35. The van der Waals surface area contributed by atoms with Crippen molar-refractivity contribution in [2.75, 3.05) is 25.3 Å². The number of fused-ring (bicyclic) bond motifs is 1. The second-order valence-electron chi connectivity index (χ2n) is 8.42. The zero-order valence-corrected chi connectivity index (χ0v) is 18.9. The first-order chi connectivity index (χ1) is 16.7. The Bertz CT molecular complexity index is 1330. The van der Waals surface area contributed by atoms with Gasteiger partial charge in [-0.05, 0) is 47.7 Å². The van der Waals surface area contributed by atoms with Gasteiger partial charge in [0.05, 0.1) is 19.8 Å². The normalized spacial score (nSPS) is 19.6. The van der Waals surface area contributed by atoms with Crippen LogP contribution in [-0.4, -0.2) is 34.8 Å². The molecule has 3 aromatic rings. The number of anilines is 2. The predicted octanol–water partition coefficient (Wildman–Crippen LogP) is 4.31. The van der Waals surface area contributed by atoms with Crippen molar-refractivity contribution in [1.29, 1.82) is 0 Å². The van der Waals surface area contributed by atoms with Crippen molar-refractivity contribution in [3.63, 3.8) is 0 Å². The number of nitrogens with zero attached hydrogens (tertiary/aromatic N) is 3. The first kappa shape index (κ1) is 22.8. The van der Waals surface area contributed by atoms with Crippen molar-refractivity contribution >= 4 is 17.7 Å². The fourth-order valence-electron chi connectivity index (χ4n) is 4.73. The summed E-state index contributed by atoms with van der Waals surface area (Å²) in [4.78, 5) is 17.7. The molecule has 3 N–H and O–H groups in total. The van der Waals surface area contributed by atoms with Crippen molar-refractivity contribution in [3.8, 4) is 11.5 Å². The average molecular weight is 485 g/mol. The molecule has 0 saturated heterocycles. The summed E-state index contributed by atoms with van der Waals surface area (Å²) in [5.41, 5.74) is 7.52. The number of alkyl halides is 3. The summed E-state index contributed by atoms with van der Waals surface area (Å²) in [6, 6.07) is 9.50. The molecule has 8 nitrogen and oxygen atoms in total. The summed E-state index contributed by atoms with van der Waals surface area (Å²) in [6.07, 6.45) is -3.76. The molecule has 0 bridgehead atoms. The van der Waals surface area contributed by atoms with Gasteiger partial charge >= 0.3 is 6.18 Å². The monoisotopic (exact) mass is 485 g/mol. The van der Waals surface area contributed by atoms with E-state index < -0.39 is 17.8 Å². The van der Waals surface area contributed by atoms with E-state index in [0.717, 1.165) is 17.7 Å². The van der Waals surface area contributed by atoms with Crippen LogP contribution >= 0.6 is 0 Å². The molecule has 0 saturated carbocycles. The smallest absolute Gasteiger partial charge is 0.416 e. The van der Waals surface area contributed by atoms with E-state index in [1.165, 1.54) is 16.8 Å². The van der Waals surface area contributed by atoms with Gasteiger partial charge in [-0.3, -0.25) is 4.79 Å². The zero-order valence-electron chi connectivity index (χ0n) is 18.9. The van der Waals surface area contributed by atoms with Crippen LogP contribution in [-0.2, 0) is 11.0 Å². The molecule has 35 heavy (non-hydrogen) atoms. The molecular formula is C24H22F3N5O3. The molecule has 2 atom stereocenters. The number of hydrogen-bond donors (Lipinski definition) is 2. The second kappa shape index (κ2) is 8.33. The number of nitrogens with one attached hydrogen (secondary N) is 1. The maximum atomic E-state index is 13.5. The number of hydrogen-bond acceptors (Lipinski definition) is 7. The van der Waals surface area contributed by atoms with E-state index in [1.54, 1.807) is 20.3 Å². The molecule has 0 fully saturated rings. The molecule has 11 heteroatoms. The van der Waals surface area contributed by atoms with Crippen LogP contribution in [0.3, 0.4) is 0 Å². The SMILES string of the molecule is COc1ccc([C@@H]2CC(=O)C3=C(C2)Nc2nc(N)nn2[C@H]3c2ccc(C(F)(F)F)cc2)cc1OC. The van der Waals surface area contributed by atoms with Crippen LogP contribution in [0.25, 0.3) is 0 Å². The maximum absolute atomic E-state index is 13.5. The average Bonchev–Trinajstić information content (AvgIpc) is 3.21. The molecule has 1 aliphatic heterocycles. The Morgan fingerprint density at radius 2 is 1.71 bits per heavy atom. The fourth-order valence-corrected chi connectivity index (χ4v) is 4.73. The Balaban J connectivity index is 1.55. The van der Waals surface area contributed by atoms with Gasteiger partial charge in [0.1, 0.15) is 6.04 Å². The highest BCUT2D eigenvalue weighted by Gasteiger charge is 2.40. The van der Waals surface area contributed by atoms with Crippen LogP contribution in [0.4, 0.5) is 25.1 Å². The van der Waals surface area contributed by atoms with Crippen molar-refractivity contribution in [2.45, 2.75) is 31.0 Å². The molecule has 2 aromatic carbocycles. The lowest BCUT2D eigenvalue weighted by molar-refractivity contribution is -0.137. The molecule has 1 aromatic heterocycles. The number of nitrogen functional groups attached to an aromatic ring is 1. The van der Waals surface area contributed by atoms with Crippen LogP contribution in [0.15, 0.2) is 53.7 Å². The van der Waals surface area contributed by atoms with Gasteiger partial charge in [-0.15, -0.1) is 5.10 Å². The first-order valence-corrected chi connectivity index (χ1v) is 10.8. The number of methoxy groups -OCH3 is 2. The van der Waals surface area contributed by atoms with E-state index >= 15 is 0 Å². The lowest BCUT2D eigenvalue weighted by atomic mass is 9.78. The number of halogens is 3. The topological polar surface area (TPSA) is 104 Å². The number of carbonyl (C=O) groups is 1. The van der Waals surface area contributed by atoms with Crippen LogP contribution in [0.5, 0.6) is 11.5 Å². The number of carbonyl (C=O) groups excluding carboxylic acids is 1. The van der Waals surface area contributed by atoms with E-state index in [2.05, 4.69) is 15.4 Å². The van der Waals surface area contributed by atoms with Gasteiger partial charge in [0.2, 0.25) is 11.9 Å². The Labute approximate surface area is 198 Å². The summed E-state index contributed by atoms with van der Waals surface area (Å²) in [6.45, 7) is 0. The molecule has 0 spiro atoms. The van der Waals surface area contributed by atoms with Crippen LogP contribution in [0.2, 0.25) is 0 Å². The summed E-state index contributed by atoms with van der Waals surface area (Å²) < 4.78 is 51.5. The summed E-state index contributed by atoms with van der Waals surface area (Å²) >= 11 is 0. The number of nitrogens with two attached hydrogens (primary N) is 1. The Kier molecular flexibility index (Phi) is 5.42. The Hall–Kier alpha value is -4.02. The fraction of sp³-hybridized carbons (Fsp3) is 0.292. The van der Waals surface area contributed by atoms with Gasteiger partial charge in [0.25, 0.3) is 0 Å². The van der Waals surface area contributed by atoms with E-state index in [4.69, 9.17) is 15.2 Å². The highest BCUT2D eigenvalue weighted by molar-refractivity contribution is 6.00. The number of ether oxygens (including phenoxy) is 2. The number of Topliss-reactive ketones (excluding diaryl/α,β-unsaturated/α-hetero) is 1. The van der Waals surface area contributed by atoms with Crippen LogP contribution < -0.4 is 20.5 Å². The summed E-state index contributed by atoms with van der Waals surface area (Å²) in [5.74, 6) is 1.18. The minimum absolute atomic E-state index is 0.00634. The third-order valence-corrected chi connectivity index (χ3v) is 6.37. The van der Waals surface area contributed by atoms with Crippen LogP contribution in [0.1, 0.15) is 41.5 Å². The van der Waals surface area contributed by atoms with Gasteiger partial charge in [-0.2, -0.15) is 18.2 Å². The molecule has 182 valence electrons. The van der Waals surface area contributed by atoms with Gasteiger partial charge < -0.3 is 20.5 Å². The van der Waals surface area contributed by atoms with E-state index in [0.29, 0.717) is 40.7 Å². The second-order valence-corrected chi connectivity index (χ2v) is 8.42. The molecule has 1 aliphatic carbocycles.